The number of hydrazone groups is 1. The number of carbonyl (C=O) groups is 2. The minimum Gasteiger partial charge on any atom is -0.332 e. The number of amides is 2. The molecule has 1 unspecified atom stereocenters. The standard InChI is InChI=1S/C30H25N5O2S2/c36-27-20-26(34-35(27)24-14-8-3-9-15-24)33-29(37)28(21-10-4-1-5-11-21)39-25-18-16-23(17-19-25)32-30(38)31-22-12-6-2-7-13-22/h1-19,28H,20H2,(H2,31,32,38)(H,33,34,37). The predicted molar refractivity (Wildman–Crippen MR) is 162 cm³/mol. The fourth-order valence-corrected chi connectivity index (χ4v) is 5.21. The summed E-state index contributed by atoms with van der Waals surface area (Å²) in [5, 5.41) is 14.8. The van der Waals surface area contributed by atoms with Crippen LogP contribution in [0.1, 0.15) is 17.2 Å². The summed E-state index contributed by atoms with van der Waals surface area (Å²) in [6.45, 7) is 0. The van der Waals surface area contributed by atoms with Crippen molar-refractivity contribution in [1.82, 2.24) is 5.32 Å². The van der Waals surface area contributed by atoms with E-state index in [1.165, 1.54) is 16.8 Å². The number of hydrogen-bond acceptors (Lipinski definition) is 5. The van der Waals surface area contributed by atoms with Crippen molar-refractivity contribution in [2.24, 2.45) is 5.10 Å². The first kappa shape index (κ1) is 26.1. The van der Waals surface area contributed by atoms with E-state index in [0.29, 0.717) is 16.6 Å². The molecule has 4 aromatic rings. The molecule has 194 valence electrons. The minimum atomic E-state index is -0.547. The molecule has 1 aliphatic rings. The molecule has 1 atom stereocenters. The summed E-state index contributed by atoms with van der Waals surface area (Å²) < 4.78 is 0. The molecule has 0 radical (unpaired) electrons. The van der Waals surface area contributed by atoms with E-state index < -0.39 is 5.25 Å². The predicted octanol–water partition coefficient (Wildman–Crippen LogP) is 6.20. The highest BCUT2D eigenvalue weighted by Gasteiger charge is 2.29. The van der Waals surface area contributed by atoms with Gasteiger partial charge in [-0.05, 0) is 66.3 Å². The molecule has 3 N–H and O–H groups in total. The molecule has 1 heterocycles. The van der Waals surface area contributed by atoms with Crippen LogP contribution in [0, 0.1) is 0 Å². The van der Waals surface area contributed by atoms with Crippen molar-refractivity contribution in [3.05, 3.63) is 121 Å². The third-order valence-corrected chi connectivity index (χ3v) is 7.25. The number of rotatable bonds is 7. The number of carbonyl (C=O) groups excluding carboxylic acids is 2. The molecule has 0 saturated carbocycles. The lowest BCUT2D eigenvalue weighted by atomic mass is 10.1. The third kappa shape index (κ3) is 6.90. The van der Waals surface area contributed by atoms with Crippen LogP contribution in [0.5, 0.6) is 0 Å². The molecule has 0 spiro atoms. The summed E-state index contributed by atoms with van der Waals surface area (Å²) in [7, 11) is 0. The van der Waals surface area contributed by atoms with E-state index in [9.17, 15) is 9.59 Å². The number of amidine groups is 1. The molecule has 0 aromatic heterocycles. The van der Waals surface area contributed by atoms with Crippen LogP contribution in [0.4, 0.5) is 17.1 Å². The second kappa shape index (κ2) is 12.4. The summed E-state index contributed by atoms with van der Waals surface area (Å²) in [5.74, 6) is -0.111. The second-order valence-corrected chi connectivity index (χ2v) is 10.2. The second-order valence-electron chi connectivity index (χ2n) is 8.63. The molecule has 5 rings (SSSR count). The van der Waals surface area contributed by atoms with Gasteiger partial charge in [0.15, 0.2) is 5.11 Å². The maximum absolute atomic E-state index is 13.5. The number of anilines is 3. The Hall–Kier alpha value is -4.47. The van der Waals surface area contributed by atoms with Crippen molar-refractivity contribution >= 4 is 63.8 Å². The van der Waals surface area contributed by atoms with Gasteiger partial charge in [0.1, 0.15) is 11.1 Å². The fraction of sp³-hybridized carbons (Fsp3) is 0.0667. The van der Waals surface area contributed by atoms with Crippen LogP contribution in [0.25, 0.3) is 0 Å². The van der Waals surface area contributed by atoms with Crippen molar-refractivity contribution in [1.29, 1.82) is 0 Å². The average Bonchev–Trinajstić information content (AvgIpc) is 3.33. The van der Waals surface area contributed by atoms with Gasteiger partial charge in [-0.15, -0.1) is 11.8 Å². The van der Waals surface area contributed by atoms with Gasteiger partial charge in [-0.25, -0.2) is 0 Å². The molecule has 7 nitrogen and oxygen atoms in total. The largest absolute Gasteiger partial charge is 0.332 e. The molecule has 0 aliphatic carbocycles. The Morgan fingerprint density at radius 3 is 1.97 bits per heavy atom. The Bertz CT molecular complexity index is 1480. The number of thioether (sulfide) groups is 1. The lowest BCUT2D eigenvalue weighted by Gasteiger charge is -2.17. The molecule has 2 amide bonds. The molecule has 9 heteroatoms. The summed E-state index contributed by atoms with van der Waals surface area (Å²) in [5.41, 5.74) is 3.24. The Morgan fingerprint density at radius 1 is 0.769 bits per heavy atom. The molecular weight excluding hydrogens is 526 g/mol. The molecule has 4 aromatic carbocycles. The smallest absolute Gasteiger partial charge is 0.255 e. The molecule has 39 heavy (non-hydrogen) atoms. The van der Waals surface area contributed by atoms with E-state index in [-0.39, 0.29) is 18.2 Å². The van der Waals surface area contributed by atoms with Crippen LogP contribution < -0.4 is 21.0 Å². The molecule has 1 aliphatic heterocycles. The van der Waals surface area contributed by atoms with Crippen molar-refractivity contribution in [3.8, 4) is 0 Å². The van der Waals surface area contributed by atoms with Gasteiger partial charge in [-0.3, -0.25) is 9.59 Å². The van der Waals surface area contributed by atoms with Crippen molar-refractivity contribution in [2.45, 2.75) is 16.6 Å². The zero-order valence-electron chi connectivity index (χ0n) is 20.8. The van der Waals surface area contributed by atoms with Gasteiger partial charge in [0.25, 0.3) is 5.91 Å². The van der Waals surface area contributed by atoms with Gasteiger partial charge >= 0.3 is 0 Å². The molecule has 0 fully saturated rings. The molecule has 0 saturated heterocycles. The normalized spacial score (nSPS) is 13.4. The topological polar surface area (TPSA) is 85.8 Å². The highest BCUT2D eigenvalue weighted by atomic mass is 32.2. The van der Waals surface area contributed by atoms with E-state index >= 15 is 0 Å². The average molecular weight is 552 g/mol. The monoisotopic (exact) mass is 551 g/mol. The van der Waals surface area contributed by atoms with Gasteiger partial charge in [-0.2, -0.15) is 10.1 Å². The van der Waals surface area contributed by atoms with Crippen molar-refractivity contribution < 1.29 is 9.59 Å². The maximum Gasteiger partial charge on any atom is 0.255 e. The van der Waals surface area contributed by atoms with E-state index in [1.54, 1.807) is 12.1 Å². The Kier molecular flexibility index (Phi) is 8.30. The van der Waals surface area contributed by atoms with E-state index in [1.807, 2.05) is 103 Å². The van der Waals surface area contributed by atoms with Crippen LogP contribution in [0.15, 0.2) is 125 Å². The van der Waals surface area contributed by atoms with Gasteiger partial charge in [0.05, 0.1) is 12.1 Å². The SMILES string of the molecule is O=C(NC1=NN(c2ccccc2)C(=O)C1)C(Sc1ccc(NC(=S)Nc2ccccc2)cc1)c1ccccc1. The number of nitrogens with one attached hydrogen (secondary N) is 3. The van der Waals surface area contributed by atoms with Gasteiger partial charge in [-0.1, -0.05) is 66.7 Å². The first-order chi connectivity index (χ1) is 19.0. The Morgan fingerprint density at radius 2 is 1.33 bits per heavy atom. The zero-order chi connectivity index (χ0) is 27.0. The van der Waals surface area contributed by atoms with E-state index in [4.69, 9.17) is 12.2 Å². The lowest BCUT2D eigenvalue weighted by Crippen LogP contribution is -2.33. The van der Waals surface area contributed by atoms with Crippen LogP contribution in [0.3, 0.4) is 0 Å². The van der Waals surface area contributed by atoms with Crippen LogP contribution >= 0.6 is 24.0 Å². The van der Waals surface area contributed by atoms with Crippen LogP contribution in [-0.2, 0) is 9.59 Å². The first-order valence-electron chi connectivity index (χ1n) is 12.3. The molecule has 0 bridgehead atoms. The van der Waals surface area contributed by atoms with Gasteiger partial charge < -0.3 is 16.0 Å². The highest BCUT2D eigenvalue weighted by Crippen LogP contribution is 2.36. The summed E-state index contributed by atoms with van der Waals surface area (Å²) in [4.78, 5) is 26.9. The van der Waals surface area contributed by atoms with Crippen LogP contribution in [-0.4, -0.2) is 22.8 Å². The van der Waals surface area contributed by atoms with Crippen molar-refractivity contribution in [3.63, 3.8) is 0 Å². The summed E-state index contributed by atoms with van der Waals surface area (Å²) in [6.07, 6.45) is 0.0318. The number of para-hydroxylation sites is 2. The Labute approximate surface area is 236 Å². The summed E-state index contributed by atoms with van der Waals surface area (Å²) >= 11 is 6.84. The Balaban J connectivity index is 1.27. The van der Waals surface area contributed by atoms with Gasteiger partial charge in [0.2, 0.25) is 5.91 Å². The maximum atomic E-state index is 13.5. The number of thiocarbonyl (C=S) groups is 1. The van der Waals surface area contributed by atoms with E-state index in [2.05, 4.69) is 21.1 Å². The number of hydrogen-bond donors (Lipinski definition) is 3. The summed E-state index contributed by atoms with van der Waals surface area (Å²) in [6, 6.07) is 36.1. The minimum absolute atomic E-state index is 0.0318. The highest BCUT2D eigenvalue weighted by molar-refractivity contribution is 8.00. The molecular formula is C30H25N5O2S2. The number of nitrogens with zero attached hydrogens (tertiary/aromatic N) is 2. The van der Waals surface area contributed by atoms with Crippen molar-refractivity contribution in [2.75, 3.05) is 15.6 Å². The third-order valence-electron chi connectivity index (χ3n) is 5.78. The quantitative estimate of drug-likeness (QED) is 0.187. The lowest BCUT2D eigenvalue weighted by molar-refractivity contribution is -0.119. The number of benzene rings is 4. The van der Waals surface area contributed by atoms with Crippen LogP contribution in [0.2, 0.25) is 0 Å². The zero-order valence-corrected chi connectivity index (χ0v) is 22.4. The fourth-order valence-electron chi connectivity index (χ4n) is 3.95. The van der Waals surface area contributed by atoms with Gasteiger partial charge in [0, 0.05) is 16.3 Å². The first-order valence-corrected chi connectivity index (χ1v) is 13.5. The van der Waals surface area contributed by atoms with E-state index in [0.717, 1.165) is 21.8 Å².